The topological polar surface area (TPSA) is 47.6 Å². The van der Waals surface area contributed by atoms with E-state index in [4.69, 9.17) is 9.47 Å². The van der Waals surface area contributed by atoms with Crippen LogP contribution in [0.4, 0.5) is 4.79 Å². The van der Waals surface area contributed by atoms with Crippen LogP contribution in [-0.4, -0.2) is 25.3 Å². The number of amides is 1. The summed E-state index contributed by atoms with van der Waals surface area (Å²) in [6.07, 6.45) is -0.578. The number of hydrogen-bond acceptors (Lipinski definition) is 3. The lowest BCUT2D eigenvalue weighted by Gasteiger charge is -2.12. The number of carbonyl (C=O) groups is 1. The van der Waals surface area contributed by atoms with Gasteiger partial charge in [-0.2, -0.15) is 0 Å². The number of cyclic esters (lactones) is 1. The van der Waals surface area contributed by atoms with Crippen molar-refractivity contribution < 1.29 is 14.3 Å². The van der Waals surface area contributed by atoms with Crippen molar-refractivity contribution >= 4 is 22.0 Å². The molecule has 0 radical (unpaired) electrons. The first-order chi connectivity index (χ1) is 7.65. The first-order valence-electron chi connectivity index (χ1n) is 4.98. The maximum atomic E-state index is 10.8. The third-order valence-electron chi connectivity index (χ3n) is 2.32. The third-order valence-corrected chi connectivity index (χ3v) is 2.82. The molecule has 16 heavy (non-hydrogen) atoms. The molecule has 1 unspecified atom stereocenters. The van der Waals surface area contributed by atoms with E-state index in [1.807, 2.05) is 25.1 Å². The molecule has 0 aliphatic carbocycles. The second kappa shape index (κ2) is 4.74. The number of aryl methyl sites for hydroxylation is 1. The second-order valence-corrected chi connectivity index (χ2v) is 4.54. The van der Waals surface area contributed by atoms with Gasteiger partial charge in [0, 0.05) is 4.47 Å². The zero-order chi connectivity index (χ0) is 11.5. The molecule has 2 rings (SSSR count). The van der Waals surface area contributed by atoms with Gasteiger partial charge < -0.3 is 14.8 Å². The van der Waals surface area contributed by atoms with E-state index in [-0.39, 0.29) is 12.2 Å². The average Bonchev–Trinajstić information content (AvgIpc) is 2.66. The number of alkyl carbamates (subject to hydrolysis) is 1. The normalized spacial score (nSPS) is 19.1. The summed E-state index contributed by atoms with van der Waals surface area (Å²) in [6, 6.07) is 5.83. The molecule has 86 valence electrons. The number of benzene rings is 1. The van der Waals surface area contributed by atoms with Crippen LogP contribution in [0, 0.1) is 6.92 Å². The zero-order valence-corrected chi connectivity index (χ0v) is 10.4. The molecule has 0 saturated carbocycles. The van der Waals surface area contributed by atoms with Crippen LogP contribution in [0.2, 0.25) is 0 Å². The van der Waals surface area contributed by atoms with E-state index in [1.54, 1.807) is 0 Å². The zero-order valence-electron chi connectivity index (χ0n) is 8.83. The van der Waals surface area contributed by atoms with Gasteiger partial charge in [0.2, 0.25) is 0 Å². The molecule has 1 aromatic rings. The molecule has 1 N–H and O–H groups in total. The minimum atomic E-state index is -0.375. The van der Waals surface area contributed by atoms with E-state index in [0.717, 1.165) is 15.8 Å². The maximum absolute atomic E-state index is 10.8. The molecular weight excluding hydrogens is 274 g/mol. The van der Waals surface area contributed by atoms with E-state index in [0.29, 0.717) is 13.2 Å². The number of ether oxygens (including phenoxy) is 2. The van der Waals surface area contributed by atoms with Crippen molar-refractivity contribution in [1.82, 2.24) is 5.32 Å². The van der Waals surface area contributed by atoms with Crippen molar-refractivity contribution in [2.24, 2.45) is 0 Å². The Hall–Kier alpha value is -1.23. The molecule has 1 aliphatic rings. The summed E-state index contributed by atoms with van der Waals surface area (Å²) in [6.45, 7) is 2.85. The highest BCUT2D eigenvalue weighted by Gasteiger charge is 2.23. The number of rotatable bonds is 3. The minimum absolute atomic E-state index is 0.203. The number of nitrogens with one attached hydrogen (secondary N) is 1. The quantitative estimate of drug-likeness (QED) is 0.927. The number of hydrogen-bond donors (Lipinski definition) is 1. The van der Waals surface area contributed by atoms with Crippen LogP contribution < -0.4 is 10.1 Å². The SMILES string of the molecule is Cc1ccc(Br)cc1OCC1CNC(=O)O1. The fraction of sp³-hybridized carbons (Fsp3) is 0.364. The largest absolute Gasteiger partial charge is 0.489 e. The molecular formula is C11H12BrNO3. The average molecular weight is 286 g/mol. The monoisotopic (exact) mass is 285 g/mol. The summed E-state index contributed by atoms with van der Waals surface area (Å²) in [5, 5.41) is 2.58. The molecule has 5 heteroatoms. The molecule has 0 spiro atoms. The van der Waals surface area contributed by atoms with Crippen LogP contribution in [0.1, 0.15) is 5.56 Å². The van der Waals surface area contributed by atoms with Gasteiger partial charge >= 0.3 is 6.09 Å². The minimum Gasteiger partial charge on any atom is -0.489 e. The summed E-state index contributed by atoms with van der Waals surface area (Å²) >= 11 is 3.38. The molecule has 1 aromatic carbocycles. The Kier molecular flexibility index (Phi) is 3.33. The Balaban J connectivity index is 1.94. The summed E-state index contributed by atoms with van der Waals surface area (Å²) in [4.78, 5) is 10.8. The van der Waals surface area contributed by atoms with E-state index < -0.39 is 0 Å². The predicted octanol–water partition coefficient (Wildman–Crippen LogP) is 2.24. The first-order valence-corrected chi connectivity index (χ1v) is 5.78. The number of carbonyl (C=O) groups excluding carboxylic acids is 1. The van der Waals surface area contributed by atoms with Gasteiger partial charge in [-0.15, -0.1) is 0 Å². The van der Waals surface area contributed by atoms with Crippen LogP contribution in [0.3, 0.4) is 0 Å². The smallest absolute Gasteiger partial charge is 0.407 e. The van der Waals surface area contributed by atoms with Crippen LogP contribution in [0.5, 0.6) is 5.75 Å². The first kappa shape index (κ1) is 11.3. The van der Waals surface area contributed by atoms with E-state index >= 15 is 0 Å². The van der Waals surface area contributed by atoms with Gasteiger partial charge in [0.25, 0.3) is 0 Å². The maximum Gasteiger partial charge on any atom is 0.407 e. The van der Waals surface area contributed by atoms with Gasteiger partial charge in [-0.25, -0.2) is 4.79 Å². The lowest BCUT2D eigenvalue weighted by molar-refractivity contribution is 0.104. The Labute approximate surface area is 102 Å². The Morgan fingerprint density at radius 2 is 2.44 bits per heavy atom. The summed E-state index contributed by atoms with van der Waals surface area (Å²) in [5.74, 6) is 0.803. The molecule has 1 fully saturated rings. The van der Waals surface area contributed by atoms with Crippen molar-refractivity contribution in [1.29, 1.82) is 0 Å². The summed E-state index contributed by atoms with van der Waals surface area (Å²) in [7, 11) is 0. The van der Waals surface area contributed by atoms with Gasteiger partial charge in [0.15, 0.2) is 6.10 Å². The standard InChI is InChI=1S/C11H12BrNO3/c1-7-2-3-8(12)4-10(7)15-6-9-5-13-11(14)16-9/h2-4,9H,5-6H2,1H3,(H,13,14). The van der Waals surface area contributed by atoms with Crippen molar-refractivity contribution in [3.8, 4) is 5.75 Å². The fourth-order valence-electron chi connectivity index (χ4n) is 1.44. The summed E-state index contributed by atoms with van der Waals surface area (Å²) < 4.78 is 11.5. The van der Waals surface area contributed by atoms with Crippen molar-refractivity contribution in [3.05, 3.63) is 28.2 Å². The predicted molar refractivity (Wildman–Crippen MR) is 62.6 cm³/mol. The molecule has 1 heterocycles. The second-order valence-electron chi connectivity index (χ2n) is 3.63. The van der Waals surface area contributed by atoms with Crippen LogP contribution >= 0.6 is 15.9 Å². The highest BCUT2D eigenvalue weighted by Crippen LogP contribution is 2.23. The van der Waals surface area contributed by atoms with Crippen molar-refractivity contribution in [2.45, 2.75) is 13.0 Å². The molecule has 4 nitrogen and oxygen atoms in total. The van der Waals surface area contributed by atoms with Crippen LogP contribution in [0.25, 0.3) is 0 Å². The Morgan fingerprint density at radius 3 is 3.12 bits per heavy atom. The molecule has 1 saturated heterocycles. The molecule has 1 atom stereocenters. The van der Waals surface area contributed by atoms with Gasteiger partial charge in [0.1, 0.15) is 12.4 Å². The molecule has 0 aromatic heterocycles. The van der Waals surface area contributed by atoms with Crippen molar-refractivity contribution in [3.63, 3.8) is 0 Å². The lowest BCUT2D eigenvalue weighted by Crippen LogP contribution is -2.22. The number of halogens is 1. The van der Waals surface area contributed by atoms with Gasteiger partial charge in [-0.1, -0.05) is 22.0 Å². The van der Waals surface area contributed by atoms with Crippen LogP contribution in [0.15, 0.2) is 22.7 Å². The summed E-state index contributed by atoms with van der Waals surface area (Å²) in [5.41, 5.74) is 1.06. The Bertz CT molecular complexity index is 408. The molecule has 1 aliphatic heterocycles. The van der Waals surface area contributed by atoms with E-state index in [2.05, 4.69) is 21.2 Å². The highest BCUT2D eigenvalue weighted by atomic mass is 79.9. The molecule has 0 bridgehead atoms. The van der Waals surface area contributed by atoms with Crippen molar-refractivity contribution in [2.75, 3.05) is 13.2 Å². The van der Waals surface area contributed by atoms with Gasteiger partial charge in [-0.05, 0) is 24.6 Å². The van der Waals surface area contributed by atoms with Crippen LogP contribution in [-0.2, 0) is 4.74 Å². The van der Waals surface area contributed by atoms with E-state index in [9.17, 15) is 4.79 Å². The van der Waals surface area contributed by atoms with E-state index in [1.165, 1.54) is 0 Å². The van der Waals surface area contributed by atoms with Gasteiger partial charge in [-0.3, -0.25) is 0 Å². The third kappa shape index (κ3) is 2.66. The fourth-order valence-corrected chi connectivity index (χ4v) is 1.78. The van der Waals surface area contributed by atoms with Gasteiger partial charge in [0.05, 0.1) is 6.54 Å². The Morgan fingerprint density at radius 1 is 1.62 bits per heavy atom. The highest BCUT2D eigenvalue weighted by molar-refractivity contribution is 9.10. The molecule has 1 amide bonds. The lowest BCUT2D eigenvalue weighted by atomic mass is 10.2.